The van der Waals surface area contributed by atoms with Crippen LogP contribution in [-0.2, 0) is 11.3 Å². The van der Waals surface area contributed by atoms with Crippen LogP contribution in [0.15, 0.2) is 24.3 Å². The molecule has 100 valence electrons. The molecular weight excluding hydrogens is 253 g/mol. The van der Waals surface area contributed by atoms with Crippen LogP contribution in [0.4, 0.5) is 9.18 Å². The maximum absolute atomic E-state index is 12.8. The molecule has 0 unspecified atom stereocenters. The molecule has 0 saturated heterocycles. The van der Waals surface area contributed by atoms with Crippen molar-refractivity contribution in [2.75, 3.05) is 6.61 Å². The fraction of sp³-hybridized carbons (Fsp3) is 0.273. The molecule has 0 bridgehead atoms. The van der Waals surface area contributed by atoms with Crippen LogP contribution in [-0.4, -0.2) is 32.9 Å². The molecule has 7 nitrogen and oxygen atoms in total. The largest absolute Gasteiger partial charge is 0.450 e. The van der Waals surface area contributed by atoms with E-state index in [1.165, 1.54) is 16.8 Å². The molecule has 19 heavy (non-hydrogen) atoms. The summed E-state index contributed by atoms with van der Waals surface area (Å²) in [7, 11) is 0. The second-order valence-electron chi connectivity index (χ2n) is 3.56. The number of hydrogen-bond donors (Lipinski definition) is 1. The maximum Gasteiger partial charge on any atom is 0.407 e. The van der Waals surface area contributed by atoms with E-state index in [0.717, 1.165) is 0 Å². The summed E-state index contributed by atoms with van der Waals surface area (Å²) in [5.74, 6) is 0.0719. The van der Waals surface area contributed by atoms with E-state index in [2.05, 4.69) is 20.8 Å². The molecule has 1 amide bonds. The zero-order chi connectivity index (χ0) is 13.7. The number of benzene rings is 1. The molecule has 0 aliphatic rings. The second-order valence-corrected chi connectivity index (χ2v) is 3.56. The second kappa shape index (κ2) is 5.89. The van der Waals surface area contributed by atoms with Gasteiger partial charge in [0.15, 0.2) is 5.82 Å². The Morgan fingerprint density at radius 1 is 1.42 bits per heavy atom. The Balaban J connectivity index is 2.09. The third-order valence-electron chi connectivity index (χ3n) is 2.27. The summed E-state index contributed by atoms with van der Waals surface area (Å²) in [6, 6.07) is 5.69. The van der Waals surface area contributed by atoms with Crippen molar-refractivity contribution in [3.63, 3.8) is 0 Å². The average Bonchev–Trinajstić information content (AvgIpc) is 2.86. The van der Waals surface area contributed by atoms with E-state index in [9.17, 15) is 9.18 Å². The first-order valence-corrected chi connectivity index (χ1v) is 5.64. The molecule has 2 rings (SSSR count). The minimum atomic E-state index is -0.545. The molecule has 0 aliphatic carbocycles. The number of halogens is 1. The van der Waals surface area contributed by atoms with Crippen molar-refractivity contribution >= 4 is 6.09 Å². The van der Waals surface area contributed by atoms with Crippen molar-refractivity contribution in [1.82, 2.24) is 25.5 Å². The van der Waals surface area contributed by atoms with Gasteiger partial charge in [-0.2, -0.15) is 4.68 Å². The highest BCUT2D eigenvalue weighted by Gasteiger charge is 2.10. The lowest BCUT2D eigenvalue weighted by Gasteiger charge is -2.06. The zero-order valence-corrected chi connectivity index (χ0v) is 10.2. The van der Waals surface area contributed by atoms with E-state index in [1.54, 1.807) is 19.1 Å². The number of rotatable bonds is 4. The fourth-order valence-electron chi connectivity index (χ4n) is 1.43. The summed E-state index contributed by atoms with van der Waals surface area (Å²) in [5, 5.41) is 13.6. The van der Waals surface area contributed by atoms with Crippen molar-refractivity contribution in [3.05, 3.63) is 35.9 Å². The van der Waals surface area contributed by atoms with Crippen LogP contribution >= 0.6 is 0 Å². The van der Waals surface area contributed by atoms with Crippen LogP contribution < -0.4 is 5.32 Å². The van der Waals surface area contributed by atoms with E-state index in [1.807, 2.05) is 0 Å². The molecule has 1 aromatic heterocycles. The predicted molar refractivity (Wildman–Crippen MR) is 63.0 cm³/mol. The Hall–Kier alpha value is -2.51. The number of nitrogens with one attached hydrogen (secondary N) is 1. The fourth-order valence-corrected chi connectivity index (χ4v) is 1.43. The normalized spacial score (nSPS) is 10.2. The number of carbonyl (C=O) groups is 1. The average molecular weight is 265 g/mol. The van der Waals surface area contributed by atoms with E-state index in [-0.39, 0.29) is 19.0 Å². The maximum atomic E-state index is 12.8. The molecule has 8 heteroatoms. The highest BCUT2D eigenvalue weighted by atomic mass is 19.1. The highest BCUT2D eigenvalue weighted by molar-refractivity contribution is 5.66. The van der Waals surface area contributed by atoms with Crippen molar-refractivity contribution < 1.29 is 13.9 Å². The van der Waals surface area contributed by atoms with Gasteiger partial charge in [0.2, 0.25) is 0 Å². The van der Waals surface area contributed by atoms with Crippen LogP contribution in [0.1, 0.15) is 12.7 Å². The summed E-state index contributed by atoms with van der Waals surface area (Å²) in [6.45, 7) is 2.11. The number of nitrogens with zero attached hydrogens (tertiary/aromatic N) is 4. The summed E-state index contributed by atoms with van der Waals surface area (Å²) in [4.78, 5) is 11.2. The summed E-state index contributed by atoms with van der Waals surface area (Å²) in [5.41, 5.74) is 0.604. The van der Waals surface area contributed by atoms with Gasteiger partial charge in [-0.15, -0.1) is 5.10 Å². The predicted octanol–water partition coefficient (Wildman–Crippen LogP) is 1.05. The van der Waals surface area contributed by atoms with E-state index in [4.69, 9.17) is 4.74 Å². The van der Waals surface area contributed by atoms with Crippen LogP contribution in [0.5, 0.6) is 0 Å². The number of aromatic nitrogens is 4. The molecule has 1 aromatic carbocycles. The van der Waals surface area contributed by atoms with E-state index >= 15 is 0 Å². The van der Waals surface area contributed by atoms with Crippen molar-refractivity contribution in [1.29, 1.82) is 0 Å². The molecule has 2 aromatic rings. The van der Waals surface area contributed by atoms with Gasteiger partial charge >= 0.3 is 6.09 Å². The monoisotopic (exact) mass is 265 g/mol. The van der Waals surface area contributed by atoms with Crippen LogP contribution in [0, 0.1) is 5.82 Å². The summed E-state index contributed by atoms with van der Waals surface area (Å²) in [6.07, 6.45) is -0.545. The molecule has 0 aliphatic heterocycles. The Labute approximate surface area is 108 Å². The number of carbonyl (C=O) groups excluding carboxylic acids is 1. The molecule has 0 fully saturated rings. The molecule has 0 radical (unpaired) electrons. The number of alkyl carbamates (subject to hydrolysis) is 1. The van der Waals surface area contributed by atoms with E-state index < -0.39 is 6.09 Å². The minimum Gasteiger partial charge on any atom is -0.450 e. The first kappa shape index (κ1) is 12.9. The van der Waals surface area contributed by atoms with Gasteiger partial charge in [-0.25, -0.2) is 9.18 Å². The quantitative estimate of drug-likeness (QED) is 0.893. The smallest absolute Gasteiger partial charge is 0.407 e. The van der Waals surface area contributed by atoms with Crippen molar-refractivity contribution in [2.24, 2.45) is 0 Å². The van der Waals surface area contributed by atoms with E-state index in [0.29, 0.717) is 11.5 Å². The van der Waals surface area contributed by atoms with Crippen LogP contribution in [0.25, 0.3) is 5.69 Å². The number of hydrogen-bond acceptors (Lipinski definition) is 5. The third-order valence-corrected chi connectivity index (χ3v) is 2.27. The summed E-state index contributed by atoms with van der Waals surface area (Å²) >= 11 is 0. The third kappa shape index (κ3) is 3.24. The van der Waals surface area contributed by atoms with Gasteiger partial charge in [-0.05, 0) is 41.6 Å². The van der Waals surface area contributed by atoms with Crippen LogP contribution in [0.2, 0.25) is 0 Å². The van der Waals surface area contributed by atoms with Gasteiger partial charge in [-0.1, -0.05) is 0 Å². The number of tetrazole rings is 1. The van der Waals surface area contributed by atoms with Crippen molar-refractivity contribution in [2.45, 2.75) is 13.5 Å². The molecular formula is C11H12FN5O2. The Morgan fingerprint density at radius 3 is 2.84 bits per heavy atom. The lowest BCUT2D eigenvalue weighted by Crippen LogP contribution is -2.25. The number of amides is 1. The molecule has 0 spiro atoms. The lowest BCUT2D eigenvalue weighted by atomic mass is 10.3. The first-order valence-electron chi connectivity index (χ1n) is 5.64. The van der Waals surface area contributed by atoms with Crippen LogP contribution in [0.3, 0.4) is 0 Å². The Morgan fingerprint density at radius 2 is 2.16 bits per heavy atom. The molecule has 0 atom stereocenters. The molecule has 0 saturated carbocycles. The Kier molecular flexibility index (Phi) is 4.01. The van der Waals surface area contributed by atoms with Gasteiger partial charge < -0.3 is 10.1 Å². The SMILES string of the molecule is CCOC(=O)NCc1nnnn1-c1ccc(F)cc1. The molecule has 1 heterocycles. The zero-order valence-electron chi connectivity index (χ0n) is 10.2. The number of ether oxygens (including phenoxy) is 1. The van der Waals surface area contributed by atoms with Gasteiger partial charge in [0.1, 0.15) is 5.82 Å². The summed E-state index contributed by atoms with van der Waals surface area (Å²) < 4.78 is 19.0. The molecule has 1 N–H and O–H groups in total. The van der Waals surface area contributed by atoms with Crippen molar-refractivity contribution in [3.8, 4) is 5.69 Å². The lowest BCUT2D eigenvalue weighted by molar-refractivity contribution is 0.151. The van der Waals surface area contributed by atoms with Gasteiger partial charge in [0.05, 0.1) is 18.8 Å². The topological polar surface area (TPSA) is 81.9 Å². The van der Waals surface area contributed by atoms with Gasteiger partial charge in [0, 0.05) is 0 Å². The van der Waals surface area contributed by atoms with Gasteiger partial charge in [0.25, 0.3) is 0 Å². The minimum absolute atomic E-state index is 0.114. The van der Waals surface area contributed by atoms with Gasteiger partial charge in [-0.3, -0.25) is 0 Å². The standard InChI is InChI=1S/C11H12FN5O2/c1-2-19-11(18)13-7-10-14-15-16-17(10)9-5-3-8(12)4-6-9/h3-6H,2,7H2,1H3,(H,13,18). The Bertz CT molecular complexity index is 554. The highest BCUT2D eigenvalue weighted by Crippen LogP contribution is 2.08. The first-order chi connectivity index (χ1) is 9.20.